The Morgan fingerprint density at radius 3 is 2.56 bits per heavy atom. The smallest absolute Gasteiger partial charge is 0.315 e. The number of hydrogen-bond donors (Lipinski definition) is 3. The molecule has 3 N–H and O–H groups in total. The third-order valence-corrected chi connectivity index (χ3v) is 5.90. The van der Waals surface area contributed by atoms with Crippen LogP contribution >= 0.6 is 11.6 Å². The Hall–Kier alpha value is -1.80. The highest BCUT2D eigenvalue weighted by Crippen LogP contribution is 2.16. The van der Waals surface area contributed by atoms with Crippen LogP contribution in [0.3, 0.4) is 0 Å². The summed E-state index contributed by atoms with van der Waals surface area (Å²) in [4.78, 5) is 24.6. The fraction of sp³-hybridized carbons (Fsp3) is 0.500. The topological polar surface area (TPSA) is 104 Å². The molecule has 0 saturated carbocycles. The van der Waals surface area contributed by atoms with E-state index in [1.165, 1.54) is 0 Å². The van der Waals surface area contributed by atoms with E-state index in [0.717, 1.165) is 0 Å². The molecule has 1 saturated heterocycles. The van der Waals surface area contributed by atoms with Gasteiger partial charge in [-0.05, 0) is 30.5 Å². The second-order valence-electron chi connectivity index (χ2n) is 6.44. The summed E-state index contributed by atoms with van der Waals surface area (Å²) in [6, 6.07) is 4.97. The molecule has 0 radical (unpaired) electrons. The summed E-state index contributed by atoms with van der Waals surface area (Å²) in [6.45, 7) is 3.62. The number of amides is 3. The molecule has 1 aliphatic rings. The molecule has 0 aromatic heterocycles. The molecule has 9 heteroatoms. The minimum absolute atomic E-state index is 0.0680. The first-order chi connectivity index (χ1) is 11.7. The largest absolute Gasteiger partial charge is 0.334 e. The van der Waals surface area contributed by atoms with Crippen molar-refractivity contribution in [2.45, 2.75) is 32.4 Å². The third-order valence-electron chi connectivity index (χ3n) is 3.90. The molecule has 3 amide bonds. The van der Waals surface area contributed by atoms with E-state index in [1.54, 1.807) is 24.3 Å². The van der Waals surface area contributed by atoms with Gasteiger partial charge in [0.25, 0.3) is 0 Å². The molecule has 0 spiro atoms. The number of nitrogens with one attached hydrogen (secondary N) is 3. The molecule has 2 rings (SSSR count). The Kier molecular flexibility index (Phi) is 6.29. The van der Waals surface area contributed by atoms with Crippen molar-refractivity contribution in [1.82, 2.24) is 10.6 Å². The van der Waals surface area contributed by atoms with Crippen LogP contribution in [0.25, 0.3) is 0 Å². The zero-order valence-corrected chi connectivity index (χ0v) is 15.7. The minimum atomic E-state index is -3.08. The first-order valence-electron chi connectivity index (χ1n) is 8.00. The highest BCUT2D eigenvalue weighted by molar-refractivity contribution is 7.91. The summed E-state index contributed by atoms with van der Waals surface area (Å²) >= 11 is 5.89. The summed E-state index contributed by atoms with van der Waals surface area (Å²) in [5, 5.41) is 8.44. The van der Waals surface area contributed by atoms with Gasteiger partial charge in [0, 0.05) is 16.8 Å². The molecule has 7 nitrogen and oxygen atoms in total. The summed E-state index contributed by atoms with van der Waals surface area (Å²) in [7, 11) is -3.08. The van der Waals surface area contributed by atoms with E-state index in [-0.39, 0.29) is 23.3 Å². The Balaban J connectivity index is 1.95. The van der Waals surface area contributed by atoms with Crippen LogP contribution in [0.4, 0.5) is 10.5 Å². The quantitative estimate of drug-likeness (QED) is 0.716. The Bertz CT molecular complexity index is 752. The fourth-order valence-electron chi connectivity index (χ4n) is 2.60. The van der Waals surface area contributed by atoms with Gasteiger partial charge in [0.1, 0.15) is 6.04 Å². The standard InChI is InChI=1S/C16H22ClN3O4S/c1-10(2)14(15(21)18-12-5-3-4-11(17)8-12)20-16(22)19-13-6-7-25(23,24)9-13/h3-5,8,10,13-14H,6-7,9H2,1-2H3,(H,18,21)(H2,19,20,22)/t13-,14-/m0/s1. The first-order valence-corrected chi connectivity index (χ1v) is 10.2. The third kappa shape index (κ3) is 5.89. The highest BCUT2D eigenvalue weighted by Gasteiger charge is 2.30. The van der Waals surface area contributed by atoms with Crippen LogP contribution < -0.4 is 16.0 Å². The number of carbonyl (C=O) groups is 2. The average Bonchev–Trinajstić information content (AvgIpc) is 2.83. The number of sulfone groups is 1. The monoisotopic (exact) mass is 387 g/mol. The second-order valence-corrected chi connectivity index (χ2v) is 9.10. The van der Waals surface area contributed by atoms with Gasteiger partial charge >= 0.3 is 6.03 Å². The molecular weight excluding hydrogens is 366 g/mol. The minimum Gasteiger partial charge on any atom is -0.334 e. The highest BCUT2D eigenvalue weighted by atomic mass is 35.5. The van der Waals surface area contributed by atoms with Crippen LogP contribution in [-0.4, -0.2) is 43.9 Å². The Morgan fingerprint density at radius 2 is 2.00 bits per heavy atom. The van der Waals surface area contributed by atoms with Crippen molar-refractivity contribution in [3.05, 3.63) is 29.3 Å². The summed E-state index contributed by atoms with van der Waals surface area (Å²) in [6.07, 6.45) is 0.386. The molecule has 2 atom stereocenters. The number of halogens is 1. The maximum absolute atomic E-state index is 12.4. The van der Waals surface area contributed by atoms with Crippen LogP contribution in [0.2, 0.25) is 5.02 Å². The summed E-state index contributed by atoms with van der Waals surface area (Å²) in [5.74, 6) is -0.522. The van der Waals surface area contributed by atoms with E-state index in [0.29, 0.717) is 17.1 Å². The molecule has 25 heavy (non-hydrogen) atoms. The molecule has 0 bridgehead atoms. The maximum atomic E-state index is 12.4. The number of urea groups is 1. The normalized spacial score (nSPS) is 20.1. The molecule has 0 aliphatic carbocycles. The van der Waals surface area contributed by atoms with Crippen molar-refractivity contribution in [2.24, 2.45) is 5.92 Å². The lowest BCUT2D eigenvalue weighted by Crippen LogP contribution is -2.52. The first kappa shape index (κ1) is 19.5. The Labute approximate surface area is 152 Å². The second kappa shape index (κ2) is 8.05. The van der Waals surface area contributed by atoms with Crippen molar-refractivity contribution in [3.63, 3.8) is 0 Å². The van der Waals surface area contributed by atoms with E-state index < -0.39 is 28.0 Å². The van der Waals surface area contributed by atoms with Gasteiger partial charge < -0.3 is 16.0 Å². The van der Waals surface area contributed by atoms with Crippen molar-refractivity contribution in [2.75, 3.05) is 16.8 Å². The van der Waals surface area contributed by atoms with Crippen LogP contribution in [0.1, 0.15) is 20.3 Å². The molecule has 1 aromatic carbocycles. The maximum Gasteiger partial charge on any atom is 0.315 e. The lowest BCUT2D eigenvalue weighted by molar-refractivity contribution is -0.118. The van der Waals surface area contributed by atoms with Crippen molar-refractivity contribution >= 4 is 39.1 Å². The number of anilines is 1. The zero-order valence-electron chi connectivity index (χ0n) is 14.1. The van der Waals surface area contributed by atoms with E-state index in [9.17, 15) is 18.0 Å². The number of carbonyl (C=O) groups excluding carboxylic acids is 2. The lowest BCUT2D eigenvalue weighted by atomic mass is 10.0. The molecule has 1 aromatic rings. The molecular formula is C16H22ClN3O4S. The SMILES string of the molecule is CC(C)[C@H](NC(=O)N[C@H]1CCS(=O)(=O)C1)C(=O)Nc1cccc(Cl)c1. The average molecular weight is 388 g/mol. The van der Waals surface area contributed by atoms with Crippen molar-refractivity contribution in [1.29, 1.82) is 0 Å². The van der Waals surface area contributed by atoms with Gasteiger partial charge in [-0.2, -0.15) is 0 Å². The van der Waals surface area contributed by atoms with Gasteiger partial charge in [-0.25, -0.2) is 13.2 Å². The predicted octanol–water partition coefficient (Wildman–Crippen LogP) is 1.79. The summed E-state index contributed by atoms with van der Waals surface area (Å²) in [5.41, 5.74) is 0.534. The number of hydrogen-bond acceptors (Lipinski definition) is 4. The van der Waals surface area contributed by atoms with Crippen molar-refractivity contribution < 1.29 is 18.0 Å². The van der Waals surface area contributed by atoms with Crippen LogP contribution in [0, 0.1) is 5.92 Å². The van der Waals surface area contributed by atoms with Crippen LogP contribution in [-0.2, 0) is 14.6 Å². The van der Waals surface area contributed by atoms with Gasteiger partial charge in [-0.3, -0.25) is 4.79 Å². The molecule has 1 heterocycles. The molecule has 138 valence electrons. The van der Waals surface area contributed by atoms with Gasteiger partial charge in [0.2, 0.25) is 5.91 Å². The van der Waals surface area contributed by atoms with Gasteiger partial charge in [0.05, 0.1) is 11.5 Å². The van der Waals surface area contributed by atoms with Crippen molar-refractivity contribution in [3.8, 4) is 0 Å². The van der Waals surface area contributed by atoms with E-state index in [1.807, 2.05) is 13.8 Å². The Morgan fingerprint density at radius 1 is 1.28 bits per heavy atom. The van der Waals surface area contributed by atoms with Crippen LogP contribution in [0.15, 0.2) is 24.3 Å². The fourth-order valence-corrected chi connectivity index (χ4v) is 4.46. The van der Waals surface area contributed by atoms with Crippen LogP contribution in [0.5, 0.6) is 0 Å². The molecule has 1 aliphatic heterocycles. The summed E-state index contributed by atoms with van der Waals surface area (Å²) < 4.78 is 22.9. The lowest BCUT2D eigenvalue weighted by Gasteiger charge is -2.23. The van der Waals surface area contributed by atoms with Gasteiger partial charge in [0.15, 0.2) is 9.84 Å². The predicted molar refractivity (Wildman–Crippen MR) is 97.4 cm³/mol. The van der Waals surface area contributed by atoms with E-state index in [2.05, 4.69) is 16.0 Å². The molecule has 1 fully saturated rings. The van der Waals surface area contributed by atoms with E-state index >= 15 is 0 Å². The molecule has 0 unspecified atom stereocenters. The number of rotatable bonds is 5. The zero-order chi connectivity index (χ0) is 18.6. The van der Waals surface area contributed by atoms with Gasteiger partial charge in [-0.15, -0.1) is 0 Å². The van der Waals surface area contributed by atoms with E-state index in [4.69, 9.17) is 11.6 Å². The van der Waals surface area contributed by atoms with Gasteiger partial charge in [-0.1, -0.05) is 31.5 Å². The number of benzene rings is 1.